The zero-order valence-electron chi connectivity index (χ0n) is 12.8. The monoisotopic (exact) mass is 456 g/mol. The predicted molar refractivity (Wildman–Crippen MR) is 103 cm³/mol. The fourth-order valence-corrected chi connectivity index (χ4v) is 3.09. The number of anilines is 1. The van der Waals surface area contributed by atoms with Crippen molar-refractivity contribution in [3.05, 3.63) is 68.9 Å². The minimum Gasteiger partial charge on any atom is -0.512 e. The van der Waals surface area contributed by atoms with Crippen molar-refractivity contribution < 1.29 is 13.9 Å². The zero-order chi connectivity index (χ0) is 17.1. The number of aliphatic hydroxyl groups is 1. The number of hydrogen-bond donors (Lipinski definition) is 2. The Morgan fingerprint density at radius 2 is 1.92 bits per heavy atom. The van der Waals surface area contributed by atoms with Crippen LogP contribution >= 0.6 is 39.7 Å². The summed E-state index contributed by atoms with van der Waals surface area (Å²) < 4.78 is 27.5. The van der Waals surface area contributed by atoms with E-state index in [1.807, 2.05) is 0 Å². The van der Waals surface area contributed by atoms with Gasteiger partial charge in [-0.3, -0.25) is 0 Å². The molecule has 0 bridgehead atoms. The van der Waals surface area contributed by atoms with E-state index in [1.165, 1.54) is 43.3 Å². The molecule has 2 nitrogen and oxygen atoms in total. The third-order valence-electron chi connectivity index (χ3n) is 2.99. The first-order chi connectivity index (χ1) is 10.8. The molecule has 0 aromatic heterocycles. The van der Waals surface area contributed by atoms with Crippen LogP contribution in [0.5, 0.6) is 0 Å². The second-order valence-electron chi connectivity index (χ2n) is 4.64. The molecule has 0 aliphatic heterocycles. The van der Waals surface area contributed by atoms with E-state index < -0.39 is 11.6 Å². The van der Waals surface area contributed by atoms with Crippen LogP contribution in [0.25, 0.3) is 5.57 Å². The Balaban J connectivity index is 0.00000288. The van der Waals surface area contributed by atoms with E-state index in [2.05, 4.69) is 21.2 Å². The number of thiocarbonyl (C=S) groups is 1. The van der Waals surface area contributed by atoms with Crippen LogP contribution < -0.4 is 5.32 Å². The molecular weight excluding hydrogens is 447 g/mol. The van der Waals surface area contributed by atoms with Crippen molar-refractivity contribution in [1.29, 1.82) is 0 Å². The Morgan fingerprint density at radius 1 is 1.25 bits per heavy atom. The Hall–Kier alpha value is 0.136. The maximum absolute atomic E-state index is 13.9. The summed E-state index contributed by atoms with van der Waals surface area (Å²) in [6, 6.07) is 8.17. The van der Waals surface area contributed by atoms with E-state index in [-0.39, 0.29) is 78.4 Å². The largest absolute Gasteiger partial charge is 0.512 e. The fraction of sp³-hybridized carbons (Fsp3) is 0.0625. The quantitative estimate of drug-likeness (QED) is 0.267. The van der Waals surface area contributed by atoms with Crippen LogP contribution in [0.3, 0.4) is 0 Å². The molecule has 121 valence electrons. The van der Waals surface area contributed by atoms with E-state index in [9.17, 15) is 13.9 Å². The smallest absolute Gasteiger partial charge is 0.148 e. The van der Waals surface area contributed by atoms with E-state index in [4.69, 9.17) is 23.8 Å². The standard InChI is InChI=1S/C16H11BrClF2NOS.K/c1-8(22)14(10-6-5-9(19)7-11(10)17)16(23)21-15-12(18)3-2-4-13(15)20;/h2-7,22H,1H3,(H,21,23);. The molecule has 2 rings (SSSR count). The van der Waals surface area contributed by atoms with Gasteiger partial charge in [0.1, 0.15) is 16.6 Å². The SMILES string of the molecule is CC(O)=C(C(=S)Nc1c(F)cccc1Cl)c1ccc(F)cc1Br.[K]. The van der Waals surface area contributed by atoms with E-state index in [0.717, 1.165) is 0 Å². The summed E-state index contributed by atoms with van der Waals surface area (Å²) >= 11 is 14.4. The average molecular weight is 458 g/mol. The minimum atomic E-state index is -0.576. The number of para-hydroxylation sites is 1. The molecule has 0 amide bonds. The van der Waals surface area contributed by atoms with Crippen LogP contribution in [0, 0.1) is 11.6 Å². The molecule has 0 saturated carbocycles. The number of nitrogens with one attached hydrogen (secondary N) is 1. The van der Waals surface area contributed by atoms with Crippen molar-refractivity contribution >= 4 is 107 Å². The van der Waals surface area contributed by atoms with Gasteiger partial charge in [-0.25, -0.2) is 8.78 Å². The first-order valence-corrected chi connectivity index (χ1v) is 7.99. The van der Waals surface area contributed by atoms with Gasteiger partial charge in [0, 0.05) is 61.4 Å². The topological polar surface area (TPSA) is 32.3 Å². The summed E-state index contributed by atoms with van der Waals surface area (Å²) in [5.41, 5.74) is 0.721. The van der Waals surface area contributed by atoms with Gasteiger partial charge in [-0.2, -0.15) is 0 Å². The summed E-state index contributed by atoms with van der Waals surface area (Å²) in [6.07, 6.45) is 0. The van der Waals surface area contributed by atoms with Crippen LogP contribution in [-0.2, 0) is 0 Å². The first-order valence-electron chi connectivity index (χ1n) is 6.42. The van der Waals surface area contributed by atoms with Crippen LogP contribution in [0.2, 0.25) is 5.02 Å². The number of allylic oxidation sites excluding steroid dienone is 1. The molecule has 0 heterocycles. The Bertz CT molecular complexity index is 792. The molecule has 0 saturated heterocycles. The van der Waals surface area contributed by atoms with Gasteiger partial charge in [-0.15, -0.1) is 0 Å². The second-order valence-corrected chi connectivity index (χ2v) is 6.31. The summed E-state index contributed by atoms with van der Waals surface area (Å²) in [4.78, 5) is 0.0595. The maximum atomic E-state index is 13.9. The summed E-state index contributed by atoms with van der Waals surface area (Å²) in [7, 11) is 0. The molecule has 0 unspecified atom stereocenters. The van der Waals surface area contributed by atoms with Gasteiger partial charge in [0.05, 0.1) is 22.0 Å². The molecule has 0 aliphatic rings. The molecule has 2 aromatic rings. The zero-order valence-corrected chi connectivity index (χ0v) is 19.1. The van der Waals surface area contributed by atoms with Crippen LogP contribution in [0.1, 0.15) is 12.5 Å². The van der Waals surface area contributed by atoms with Gasteiger partial charge in [0.25, 0.3) is 0 Å². The van der Waals surface area contributed by atoms with Gasteiger partial charge in [0.15, 0.2) is 0 Å². The average Bonchev–Trinajstić information content (AvgIpc) is 2.45. The third kappa shape index (κ3) is 5.31. The number of aliphatic hydroxyl groups excluding tert-OH is 1. The van der Waals surface area contributed by atoms with Crippen LogP contribution in [0.15, 0.2) is 46.6 Å². The van der Waals surface area contributed by atoms with Crippen LogP contribution in [0.4, 0.5) is 14.5 Å². The molecule has 1 radical (unpaired) electrons. The van der Waals surface area contributed by atoms with Gasteiger partial charge < -0.3 is 10.4 Å². The van der Waals surface area contributed by atoms with Crippen molar-refractivity contribution in [2.75, 3.05) is 5.32 Å². The molecule has 2 N–H and O–H groups in total. The van der Waals surface area contributed by atoms with E-state index >= 15 is 0 Å². The predicted octanol–water partition coefficient (Wildman–Crippen LogP) is 5.73. The van der Waals surface area contributed by atoms with Gasteiger partial charge in [-0.1, -0.05) is 51.9 Å². The van der Waals surface area contributed by atoms with Crippen LogP contribution in [-0.4, -0.2) is 61.5 Å². The number of rotatable bonds is 3. The van der Waals surface area contributed by atoms with Crippen molar-refractivity contribution in [2.45, 2.75) is 6.92 Å². The molecular formula is C16H11BrClF2KNOS. The minimum absolute atomic E-state index is 0. The second kappa shape index (κ2) is 9.73. The molecule has 0 atom stereocenters. The fourth-order valence-electron chi connectivity index (χ4n) is 1.97. The Morgan fingerprint density at radius 3 is 2.46 bits per heavy atom. The summed E-state index contributed by atoms with van der Waals surface area (Å²) in [5, 5.41) is 12.8. The summed E-state index contributed by atoms with van der Waals surface area (Å²) in [6.45, 7) is 1.43. The Kier molecular flexibility index (Phi) is 8.99. The van der Waals surface area contributed by atoms with Crippen molar-refractivity contribution in [3.8, 4) is 0 Å². The van der Waals surface area contributed by atoms with Crippen molar-refractivity contribution in [3.63, 3.8) is 0 Å². The molecule has 2 aromatic carbocycles. The third-order valence-corrected chi connectivity index (χ3v) is 4.27. The molecule has 24 heavy (non-hydrogen) atoms. The molecule has 0 fully saturated rings. The van der Waals surface area contributed by atoms with Crippen molar-refractivity contribution in [2.24, 2.45) is 0 Å². The van der Waals surface area contributed by atoms with Gasteiger partial charge in [0.2, 0.25) is 0 Å². The first kappa shape index (κ1) is 22.2. The van der Waals surface area contributed by atoms with E-state index in [1.54, 1.807) is 0 Å². The maximum Gasteiger partial charge on any atom is 0.148 e. The van der Waals surface area contributed by atoms with Crippen molar-refractivity contribution in [1.82, 2.24) is 0 Å². The van der Waals surface area contributed by atoms with Gasteiger partial charge in [-0.05, 0) is 31.2 Å². The van der Waals surface area contributed by atoms with Gasteiger partial charge >= 0.3 is 0 Å². The molecule has 0 spiro atoms. The van der Waals surface area contributed by atoms with E-state index in [0.29, 0.717) is 10.0 Å². The Labute approximate surface area is 199 Å². The summed E-state index contributed by atoms with van der Waals surface area (Å²) in [5.74, 6) is -1.11. The number of hydrogen-bond acceptors (Lipinski definition) is 2. The molecule has 0 aliphatic carbocycles. The number of benzene rings is 2. The molecule has 8 heteroatoms. The number of halogens is 4. The normalized spacial score (nSPS) is 11.4.